The largest absolute Gasteiger partial charge is 0.481 e. The Morgan fingerprint density at radius 3 is 2.94 bits per heavy atom. The van der Waals surface area contributed by atoms with E-state index in [0.29, 0.717) is 0 Å². The molecule has 0 bridgehead atoms. The molecule has 0 N–H and O–H groups in total. The molecule has 6 heteroatoms. The van der Waals surface area contributed by atoms with Crippen molar-refractivity contribution in [1.82, 2.24) is 0 Å². The molecule has 2 rings (SSSR count). The first-order valence-corrected chi connectivity index (χ1v) is 5.40. The Morgan fingerprint density at radius 2 is 2.29 bits per heavy atom. The van der Waals surface area contributed by atoms with Crippen LogP contribution in [0.25, 0.3) is 0 Å². The second kappa shape index (κ2) is 4.33. The van der Waals surface area contributed by atoms with Crippen LogP contribution in [0.5, 0.6) is 5.75 Å². The number of halogens is 2. The van der Waals surface area contributed by atoms with Gasteiger partial charge in [0, 0.05) is 13.1 Å². The lowest BCUT2D eigenvalue weighted by atomic mass is 10.1. The molecule has 1 amide bonds. The lowest BCUT2D eigenvalue weighted by molar-refractivity contribution is -0.121. The first-order chi connectivity index (χ1) is 8.04. The van der Waals surface area contributed by atoms with Crippen molar-refractivity contribution in [3.05, 3.63) is 23.5 Å². The van der Waals surface area contributed by atoms with Crippen molar-refractivity contribution in [3.63, 3.8) is 0 Å². The van der Waals surface area contributed by atoms with Crippen molar-refractivity contribution < 1.29 is 18.7 Å². The van der Waals surface area contributed by atoms with Gasteiger partial charge in [0.2, 0.25) is 0 Å². The quantitative estimate of drug-likeness (QED) is 0.597. The maximum Gasteiger partial charge on any atom is 0.264 e. The van der Waals surface area contributed by atoms with Crippen molar-refractivity contribution in [2.24, 2.45) is 0 Å². The Balaban J connectivity index is 2.60. The molecular weight excluding hydrogens is 249 g/mol. The van der Waals surface area contributed by atoms with E-state index in [1.807, 2.05) is 0 Å². The first-order valence-electron chi connectivity index (χ1n) is 4.86. The van der Waals surface area contributed by atoms with Crippen LogP contribution in [-0.2, 0) is 4.79 Å². The molecule has 0 radical (unpaired) electrons. The van der Waals surface area contributed by atoms with E-state index in [2.05, 4.69) is 0 Å². The molecule has 1 heterocycles. The summed E-state index contributed by atoms with van der Waals surface area (Å²) in [5.41, 5.74) is 0.309. The van der Waals surface area contributed by atoms with E-state index in [0.717, 1.165) is 12.1 Å². The molecule has 90 valence electrons. The summed E-state index contributed by atoms with van der Waals surface area (Å²) in [5.74, 6) is -1.41. The fraction of sp³-hybridized carbons (Fsp3) is 0.273. The fourth-order valence-corrected chi connectivity index (χ4v) is 1.77. The zero-order valence-electron chi connectivity index (χ0n) is 9.00. The van der Waals surface area contributed by atoms with E-state index in [1.165, 1.54) is 11.9 Å². The summed E-state index contributed by atoms with van der Waals surface area (Å²) in [4.78, 5) is 24.2. The Kier molecular flexibility index (Phi) is 3.02. The molecular formula is C11H9ClFNO3. The number of nitrogens with zero attached hydrogens (tertiary/aromatic N) is 1. The standard InChI is InChI=1S/C11H9ClFNO3/c1-14-8-3-6(13)2-7(9(15)4-12)11(8)17-5-10(14)16/h2-3H,4-5H2,1H3. The van der Waals surface area contributed by atoms with Crippen LogP contribution < -0.4 is 9.64 Å². The first kappa shape index (κ1) is 11.9. The van der Waals surface area contributed by atoms with Gasteiger partial charge in [-0.25, -0.2) is 4.39 Å². The zero-order valence-corrected chi connectivity index (χ0v) is 9.75. The van der Waals surface area contributed by atoms with Crippen LogP contribution in [0.2, 0.25) is 0 Å². The third-order valence-corrected chi connectivity index (χ3v) is 2.77. The van der Waals surface area contributed by atoms with E-state index in [9.17, 15) is 14.0 Å². The van der Waals surface area contributed by atoms with Crippen molar-refractivity contribution in [2.45, 2.75) is 0 Å². The van der Waals surface area contributed by atoms with Gasteiger partial charge in [-0.05, 0) is 6.07 Å². The molecule has 1 aromatic carbocycles. The average molecular weight is 258 g/mol. The van der Waals surface area contributed by atoms with Crippen molar-refractivity contribution in [3.8, 4) is 5.75 Å². The number of hydrogen-bond donors (Lipinski definition) is 0. The summed E-state index contributed by atoms with van der Waals surface area (Å²) in [6, 6.07) is 2.21. The van der Waals surface area contributed by atoms with Crippen molar-refractivity contribution in [2.75, 3.05) is 24.4 Å². The summed E-state index contributed by atoms with van der Waals surface area (Å²) in [6.45, 7) is -0.169. The fourth-order valence-electron chi connectivity index (χ4n) is 1.62. The van der Waals surface area contributed by atoms with Gasteiger partial charge >= 0.3 is 0 Å². The smallest absolute Gasteiger partial charge is 0.264 e. The van der Waals surface area contributed by atoms with Gasteiger partial charge < -0.3 is 9.64 Å². The number of hydrogen-bond acceptors (Lipinski definition) is 3. The minimum Gasteiger partial charge on any atom is -0.481 e. The monoisotopic (exact) mass is 257 g/mol. The third-order valence-electron chi connectivity index (χ3n) is 2.53. The van der Waals surface area contributed by atoms with Crippen molar-refractivity contribution >= 4 is 29.0 Å². The molecule has 1 aromatic rings. The molecule has 4 nitrogen and oxygen atoms in total. The van der Waals surface area contributed by atoms with Crippen molar-refractivity contribution in [1.29, 1.82) is 0 Å². The molecule has 0 atom stereocenters. The molecule has 0 saturated heterocycles. The van der Waals surface area contributed by atoms with E-state index in [1.54, 1.807) is 0 Å². The highest BCUT2D eigenvalue weighted by Crippen LogP contribution is 2.36. The molecule has 1 aliphatic rings. The number of likely N-dealkylation sites (N-methyl/N-ethyl adjacent to an activating group) is 1. The lowest BCUT2D eigenvalue weighted by Gasteiger charge is -2.27. The number of benzene rings is 1. The van der Waals surface area contributed by atoms with E-state index < -0.39 is 11.6 Å². The Bertz CT molecular complexity index is 504. The average Bonchev–Trinajstić information content (AvgIpc) is 2.32. The third kappa shape index (κ3) is 1.98. The number of ketones is 1. The number of ether oxygens (including phenoxy) is 1. The maximum atomic E-state index is 13.4. The number of alkyl halides is 1. The van der Waals surface area contributed by atoms with Gasteiger partial charge in [0.05, 0.1) is 17.1 Å². The predicted octanol–water partition coefficient (Wildman–Crippen LogP) is 1.60. The van der Waals surface area contributed by atoms with Crippen LogP contribution in [0.3, 0.4) is 0 Å². The van der Waals surface area contributed by atoms with Gasteiger partial charge in [-0.3, -0.25) is 9.59 Å². The number of fused-ring (bicyclic) bond motifs is 1. The number of Topliss-reactive ketones (excluding diaryl/α,β-unsaturated/α-hetero) is 1. The predicted molar refractivity (Wildman–Crippen MR) is 60.4 cm³/mol. The van der Waals surface area contributed by atoms with Crippen LogP contribution >= 0.6 is 11.6 Å². The van der Waals surface area contributed by atoms with E-state index in [4.69, 9.17) is 16.3 Å². The summed E-state index contributed by atoms with van der Waals surface area (Å²) in [7, 11) is 1.50. The van der Waals surface area contributed by atoms with Crippen LogP contribution in [0.1, 0.15) is 10.4 Å². The topological polar surface area (TPSA) is 46.6 Å². The summed E-state index contributed by atoms with van der Waals surface area (Å²) < 4.78 is 18.5. The number of rotatable bonds is 2. The molecule has 0 unspecified atom stereocenters. The van der Waals surface area contributed by atoms with Crippen LogP contribution in [0.15, 0.2) is 12.1 Å². The Labute approximate surface area is 102 Å². The Hall–Kier alpha value is -1.62. The van der Waals surface area contributed by atoms with Gasteiger partial charge in [-0.1, -0.05) is 0 Å². The number of amides is 1. The second-order valence-electron chi connectivity index (χ2n) is 3.60. The molecule has 17 heavy (non-hydrogen) atoms. The van der Waals surface area contributed by atoms with Gasteiger partial charge in [0.15, 0.2) is 18.1 Å². The van der Waals surface area contributed by atoms with Gasteiger partial charge in [0.25, 0.3) is 5.91 Å². The molecule has 0 saturated carbocycles. The van der Waals surface area contributed by atoms with E-state index >= 15 is 0 Å². The molecule has 0 aliphatic carbocycles. The minimum atomic E-state index is -0.609. The molecule has 0 aromatic heterocycles. The lowest BCUT2D eigenvalue weighted by Crippen LogP contribution is -2.36. The highest BCUT2D eigenvalue weighted by atomic mass is 35.5. The summed E-state index contributed by atoms with van der Waals surface area (Å²) in [5, 5.41) is 0. The van der Waals surface area contributed by atoms with Crippen LogP contribution in [0, 0.1) is 5.82 Å². The minimum absolute atomic E-state index is 0.0642. The molecule has 0 spiro atoms. The zero-order chi connectivity index (χ0) is 12.6. The number of carbonyl (C=O) groups excluding carboxylic acids is 2. The number of carbonyl (C=O) groups is 2. The second-order valence-corrected chi connectivity index (χ2v) is 3.87. The Morgan fingerprint density at radius 1 is 1.59 bits per heavy atom. The van der Waals surface area contributed by atoms with Gasteiger partial charge in [-0.2, -0.15) is 0 Å². The molecule has 1 aliphatic heterocycles. The van der Waals surface area contributed by atoms with E-state index in [-0.39, 0.29) is 35.4 Å². The van der Waals surface area contributed by atoms with Crippen LogP contribution in [0.4, 0.5) is 10.1 Å². The summed E-state index contributed by atoms with van der Waals surface area (Å²) >= 11 is 5.44. The van der Waals surface area contributed by atoms with Crippen LogP contribution in [-0.4, -0.2) is 31.2 Å². The highest BCUT2D eigenvalue weighted by Gasteiger charge is 2.27. The number of anilines is 1. The molecule has 0 fully saturated rings. The summed E-state index contributed by atoms with van der Waals surface area (Å²) in [6.07, 6.45) is 0. The van der Waals surface area contributed by atoms with Gasteiger partial charge in [-0.15, -0.1) is 11.6 Å². The highest BCUT2D eigenvalue weighted by molar-refractivity contribution is 6.31. The maximum absolute atomic E-state index is 13.4. The SMILES string of the molecule is CN1C(=O)COc2c(C(=O)CCl)cc(F)cc21. The van der Waals surface area contributed by atoms with Gasteiger partial charge in [0.1, 0.15) is 5.82 Å². The normalized spacial score (nSPS) is 14.3.